The molecule has 1 aromatic carbocycles. The van der Waals surface area contributed by atoms with E-state index in [0.29, 0.717) is 16.8 Å². The molecule has 0 N–H and O–H groups in total. The van der Waals surface area contributed by atoms with Crippen LogP contribution in [0.5, 0.6) is 5.75 Å². The van der Waals surface area contributed by atoms with Gasteiger partial charge in [-0.15, -0.1) is 0 Å². The summed E-state index contributed by atoms with van der Waals surface area (Å²) in [5.74, 6) is 0.431. The molecule has 1 saturated heterocycles. The Bertz CT molecular complexity index is 1050. The number of fused-ring (bicyclic) bond motifs is 7. The minimum atomic E-state index is -0.417. The number of benzene rings is 1. The third-order valence-corrected chi connectivity index (χ3v) is 6.80. The Balaban J connectivity index is 1.78. The van der Waals surface area contributed by atoms with Crippen LogP contribution < -0.4 is 10.3 Å². The molecular formula is C22H25NO5. The summed E-state index contributed by atoms with van der Waals surface area (Å²) in [6.07, 6.45) is 1.97. The predicted molar refractivity (Wildman–Crippen MR) is 103 cm³/mol. The molecule has 3 heterocycles. The van der Waals surface area contributed by atoms with Crippen LogP contribution in [0.4, 0.5) is 0 Å². The van der Waals surface area contributed by atoms with Crippen molar-refractivity contribution >= 4 is 16.9 Å². The van der Waals surface area contributed by atoms with E-state index in [0.717, 1.165) is 18.2 Å². The highest BCUT2D eigenvalue weighted by molar-refractivity contribution is 5.87. The molecule has 5 rings (SSSR count). The fraction of sp³-hybridized carbons (Fsp3) is 0.545. The topological polar surface area (TPSA) is 70.1 Å². The summed E-state index contributed by atoms with van der Waals surface area (Å²) in [7, 11) is 0. The second kappa shape index (κ2) is 5.60. The quantitative estimate of drug-likeness (QED) is 0.588. The molecule has 1 saturated carbocycles. The third-order valence-electron chi connectivity index (χ3n) is 6.80. The van der Waals surface area contributed by atoms with Crippen molar-refractivity contribution in [1.29, 1.82) is 0 Å². The van der Waals surface area contributed by atoms with Gasteiger partial charge in [-0.2, -0.15) is 0 Å². The lowest BCUT2D eigenvalue weighted by molar-refractivity contribution is -0.144. The highest BCUT2D eigenvalue weighted by atomic mass is 16.6. The van der Waals surface area contributed by atoms with Crippen molar-refractivity contribution in [3.05, 3.63) is 40.2 Å². The van der Waals surface area contributed by atoms with Crippen LogP contribution in [0.3, 0.4) is 0 Å². The van der Waals surface area contributed by atoms with E-state index in [2.05, 4.69) is 20.8 Å². The Hall–Kier alpha value is -2.34. The summed E-state index contributed by atoms with van der Waals surface area (Å²) in [6.45, 7) is 7.59. The van der Waals surface area contributed by atoms with E-state index in [9.17, 15) is 9.59 Å². The molecule has 3 aliphatic rings. The van der Waals surface area contributed by atoms with Crippen LogP contribution in [0.25, 0.3) is 10.9 Å². The average Bonchev–Trinajstić information content (AvgIpc) is 3.32. The molecule has 0 radical (unpaired) electrons. The van der Waals surface area contributed by atoms with Crippen molar-refractivity contribution in [1.82, 2.24) is 4.57 Å². The van der Waals surface area contributed by atoms with E-state index in [1.807, 2.05) is 24.3 Å². The van der Waals surface area contributed by atoms with Crippen molar-refractivity contribution in [3.63, 3.8) is 0 Å². The first-order chi connectivity index (χ1) is 13.2. The monoisotopic (exact) mass is 383 g/mol. The zero-order chi connectivity index (χ0) is 19.8. The standard InChI is InChI=1S/C22H25NO5/c1-12(24)26-11-23-15-8-6-5-7-13(15)18-17(20(23)25)16-14(21(2,3)27-18)9-10-22(4)19(16)28-22/h5-8,14,16,19H,9-11H2,1-4H3/t14-,16-,19+,22-/m1/s1. The Kier molecular flexibility index (Phi) is 3.55. The first kappa shape index (κ1) is 17.7. The van der Waals surface area contributed by atoms with E-state index in [4.69, 9.17) is 14.2 Å². The molecule has 0 spiro atoms. The van der Waals surface area contributed by atoms with E-state index >= 15 is 0 Å². The summed E-state index contributed by atoms with van der Waals surface area (Å²) in [4.78, 5) is 25.0. The molecule has 148 valence electrons. The molecule has 6 nitrogen and oxygen atoms in total. The number of carbonyl (C=O) groups is 1. The molecular weight excluding hydrogens is 358 g/mol. The molecule has 0 bridgehead atoms. The second-order valence-electron chi connectivity index (χ2n) is 8.99. The molecule has 28 heavy (non-hydrogen) atoms. The van der Waals surface area contributed by atoms with Crippen LogP contribution >= 0.6 is 0 Å². The van der Waals surface area contributed by atoms with E-state index < -0.39 is 5.97 Å². The van der Waals surface area contributed by atoms with Gasteiger partial charge in [-0.3, -0.25) is 14.2 Å². The van der Waals surface area contributed by atoms with Gasteiger partial charge in [0, 0.05) is 24.1 Å². The van der Waals surface area contributed by atoms with Gasteiger partial charge in [-0.25, -0.2) is 0 Å². The number of para-hydroxylation sites is 1. The molecule has 6 heteroatoms. The molecule has 0 unspecified atom stereocenters. The zero-order valence-corrected chi connectivity index (χ0v) is 16.7. The first-order valence-corrected chi connectivity index (χ1v) is 9.88. The largest absolute Gasteiger partial charge is 0.486 e. The SMILES string of the molecule is CC(=O)OCn1c(=O)c2c(c3ccccc31)OC(C)(C)[C@@H]1CC[C@@]3(C)O[C@H]3[C@@H]21. The van der Waals surface area contributed by atoms with Gasteiger partial charge in [0.25, 0.3) is 5.56 Å². The van der Waals surface area contributed by atoms with Gasteiger partial charge >= 0.3 is 5.97 Å². The van der Waals surface area contributed by atoms with Gasteiger partial charge in [-0.05, 0) is 45.7 Å². The first-order valence-electron chi connectivity index (χ1n) is 9.88. The summed E-state index contributed by atoms with van der Waals surface area (Å²) in [5.41, 5.74) is 0.688. The molecule has 1 aromatic heterocycles. The highest BCUT2D eigenvalue weighted by Gasteiger charge is 2.65. The van der Waals surface area contributed by atoms with Gasteiger partial charge in [0.2, 0.25) is 0 Å². The number of hydrogen-bond donors (Lipinski definition) is 0. The average molecular weight is 383 g/mol. The second-order valence-corrected chi connectivity index (χ2v) is 8.99. The molecule has 0 amide bonds. The molecule has 1 aliphatic carbocycles. The number of rotatable bonds is 2. The fourth-order valence-electron chi connectivity index (χ4n) is 5.30. The minimum Gasteiger partial charge on any atom is -0.486 e. The van der Waals surface area contributed by atoms with E-state index in [1.165, 1.54) is 6.92 Å². The highest BCUT2D eigenvalue weighted by Crippen LogP contribution is 2.62. The Morgan fingerprint density at radius 3 is 2.79 bits per heavy atom. The van der Waals surface area contributed by atoms with Gasteiger partial charge < -0.3 is 14.2 Å². The van der Waals surface area contributed by atoms with E-state index in [1.54, 1.807) is 4.57 Å². The third kappa shape index (κ3) is 2.37. The predicted octanol–water partition coefficient (Wildman–Crippen LogP) is 3.34. The smallest absolute Gasteiger partial charge is 0.304 e. The molecule has 2 fully saturated rings. The van der Waals surface area contributed by atoms with Gasteiger partial charge in [-0.1, -0.05) is 12.1 Å². The summed E-state index contributed by atoms with van der Waals surface area (Å²) in [5, 5.41) is 0.865. The van der Waals surface area contributed by atoms with Crippen LogP contribution in [-0.4, -0.2) is 27.8 Å². The lowest BCUT2D eigenvalue weighted by atomic mass is 9.64. The summed E-state index contributed by atoms with van der Waals surface area (Å²) >= 11 is 0. The molecule has 2 aliphatic heterocycles. The number of nitrogens with zero attached hydrogens (tertiary/aromatic N) is 1. The van der Waals surface area contributed by atoms with Gasteiger partial charge in [0.05, 0.1) is 22.8 Å². The maximum atomic E-state index is 13.6. The summed E-state index contributed by atoms with van der Waals surface area (Å²) < 4.78 is 19.3. The maximum Gasteiger partial charge on any atom is 0.304 e. The lowest BCUT2D eigenvalue weighted by Gasteiger charge is -2.47. The van der Waals surface area contributed by atoms with Crippen LogP contribution in [0, 0.1) is 5.92 Å². The van der Waals surface area contributed by atoms with Crippen molar-refractivity contribution < 1.29 is 19.0 Å². The number of aromatic nitrogens is 1. The van der Waals surface area contributed by atoms with E-state index in [-0.39, 0.29) is 41.4 Å². The zero-order valence-electron chi connectivity index (χ0n) is 16.7. The van der Waals surface area contributed by atoms with Crippen LogP contribution in [0.15, 0.2) is 29.1 Å². The van der Waals surface area contributed by atoms with Crippen molar-refractivity contribution in [3.8, 4) is 5.75 Å². The van der Waals surface area contributed by atoms with Gasteiger partial charge in [0.15, 0.2) is 6.73 Å². The number of hydrogen-bond acceptors (Lipinski definition) is 5. The molecule has 4 atom stereocenters. The number of carbonyl (C=O) groups excluding carboxylic acids is 1. The fourth-order valence-corrected chi connectivity index (χ4v) is 5.30. The van der Waals surface area contributed by atoms with Crippen molar-refractivity contribution in [2.24, 2.45) is 5.92 Å². The van der Waals surface area contributed by atoms with Crippen LogP contribution in [-0.2, 0) is 21.0 Å². The number of esters is 1. The lowest BCUT2D eigenvalue weighted by Crippen LogP contribution is -2.51. The minimum absolute atomic E-state index is 0.0156. The Morgan fingerprint density at radius 1 is 1.29 bits per heavy atom. The molecule has 2 aromatic rings. The Labute approximate surface area is 163 Å². The Morgan fingerprint density at radius 2 is 2.04 bits per heavy atom. The summed E-state index contributed by atoms with van der Waals surface area (Å²) in [6, 6.07) is 7.63. The normalized spacial score (nSPS) is 31.9. The van der Waals surface area contributed by atoms with Gasteiger partial charge in [0.1, 0.15) is 11.4 Å². The van der Waals surface area contributed by atoms with Crippen LogP contribution in [0.1, 0.15) is 52.0 Å². The number of epoxide rings is 1. The van der Waals surface area contributed by atoms with Crippen molar-refractivity contribution in [2.75, 3.05) is 0 Å². The maximum absolute atomic E-state index is 13.6. The van der Waals surface area contributed by atoms with Crippen LogP contribution in [0.2, 0.25) is 0 Å². The number of pyridine rings is 1. The van der Waals surface area contributed by atoms with Crippen molar-refractivity contribution in [2.45, 2.75) is 70.5 Å². The number of ether oxygens (including phenoxy) is 3.